The van der Waals surface area contributed by atoms with Gasteiger partial charge in [0, 0.05) is 42.1 Å². The minimum atomic E-state index is -4.41. The molecule has 0 radical (unpaired) electrons. The van der Waals surface area contributed by atoms with Crippen LogP contribution in [0.25, 0.3) is 0 Å². The first kappa shape index (κ1) is 20.9. The van der Waals surface area contributed by atoms with Crippen LogP contribution in [0.3, 0.4) is 0 Å². The summed E-state index contributed by atoms with van der Waals surface area (Å²) in [7, 11) is 1.64. The quantitative estimate of drug-likeness (QED) is 0.664. The molecular formula is C18H18ClF3N2O3S. The van der Waals surface area contributed by atoms with Gasteiger partial charge in [-0.1, -0.05) is 12.1 Å². The minimum absolute atomic E-state index is 0.0615. The smallest absolute Gasteiger partial charge is 0.422 e. The molecule has 0 bridgehead atoms. The van der Waals surface area contributed by atoms with E-state index in [1.54, 1.807) is 18.2 Å². The summed E-state index contributed by atoms with van der Waals surface area (Å²) in [6.45, 7) is 1.86. The zero-order chi connectivity index (χ0) is 20.5. The maximum Gasteiger partial charge on any atom is 0.422 e. The molecule has 0 spiro atoms. The topological polar surface area (TPSA) is 59.5 Å². The first-order valence-corrected chi connectivity index (χ1v) is 10.8. The molecule has 1 aliphatic heterocycles. The maximum absolute atomic E-state index is 12.2. The standard InChI is InChI=1S/C18H18ClF3N2O3S/c1-12(14-3-5-17(23-9-14)27-11-18(20,21)22)24-7-6-13-2-4-16(28(19,25)26)8-15(13)10-24/h2-5,8-9,12H,6-7,10-11H2,1H3/t12-/m1/s1. The van der Waals surface area contributed by atoms with Crippen LogP contribution in [-0.4, -0.2) is 37.6 Å². The molecule has 0 unspecified atom stereocenters. The molecule has 0 fully saturated rings. The van der Waals surface area contributed by atoms with Gasteiger partial charge in [-0.05, 0) is 42.2 Å². The van der Waals surface area contributed by atoms with E-state index in [9.17, 15) is 21.6 Å². The number of benzene rings is 1. The fourth-order valence-corrected chi connectivity index (χ4v) is 3.93. The molecular weight excluding hydrogens is 417 g/mol. The van der Waals surface area contributed by atoms with Gasteiger partial charge in [0.05, 0.1) is 4.90 Å². The van der Waals surface area contributed by atoms with E-state index in [0.717, 1.165) is 29.7 Å². The van der Waals surface area contributed by atoms with E-state index < -0.39 is 21.8 Å². The van der Waals surface area contributed by atoms with Crippen molar-refractivity contribution in [2.24, 2.45) is 0 Å². The van der Waals surface area contributed by atoms with Crippen LogP contribution in [0.4, 0.5) is 13.2 Å². The molecule has 28 heavy (non-hydrogen) atoms. The van der Waals surface area contributed by atoms with Gasteiger partial charge in [-0.2, -0.15) is 13.2 Å². The first-order valence-electron chi connectivity index (χ1n) is 8.49. The third-order valence-corrected chi connectivity index (χ3v) is 6.03. The zero-order valence-corrected chi connectivity index (χ0v) is 16.5. The summed E-state index contributed by atoms with van der Waals surface area (Å²) in [5.41, 5.74) is 2.78. The normalized spacial score (nSPS) is 16.5. The van der Waals surface area contributed by atoms with Crippen molar-refractivity contribution < 1.29 is 26.3 Å². The van der Waals surface area contributed by atoms with E-state index in [-0.39, 0.29) is 16.8 Å². The van der Waals surface area contributed by atoms with E-state index in [4.69, 9.17) is 10.7 Å². The Morgan fingerprint density at radius 3 is 2.61 bits per heavy atom. The minimum Gasteiger partial charge on any atom is -0.468 e. The lowest BCUT2D eigenvalue weighted by Gasteiger charge is -2.34. The highest BCUT2D eigenvalue weighted by Gasteiger charge is 2.29. The second-order valence-electron chi connectivity index (χ2n) is 6.60. The molecule has 152 valence electrons. The summed E-state index contributed by atoms with van der Waals surface area (Å²) in [4.78, 5) is 6.15. The average molecular weight is 435 g/mol. The van der Waals surface area contributed by atoms with Crippen LogP contribution < -0.4 is 4.74 Å². The molecule has 0 N–H and O–H groups in total. The van der Waals surface area contributed by atoms with Gasteiger partial charge >= 0.3 is 6.18 Å². The van der Waals surface area contributed by atoms with E-state index in [2.05, 4.69) is 14.6 Å². The summed E-state index contributed by atoms with van der Waals surface area (Å²) >= 11 is 0. The highest BCUT2D eigenvalue weighted by Crippen LogP contribution is 2.30. The molecule has 2 aromatic rings. The monoisotopic (exact) mass is 434 g/mol. The number of alkyl halides is 3. The molecule has 2 heterocycles. The molecule has 0 amide bonds. The lowest BCUT2D eigenvalue weighted by atomic mass is 9.97. The van der Waals surface area contributed by atoms with Crippen molar-refractivity contribution in [2.45, 2.75) is 37.0 Å². The van der Waals surface area contributed by atoms with Crippen LogP contribution in [0.2, 0.25) is 0 Å². The predicted octanol–water partition coefficient (Wildman–Crippen LogP) is 4.07. The molecule has 1 atom stereocenters. The van der Waals surface area contributed by atoms with Gasteiger partial charge in [-0.15, -0.1) is 0 Å². The Morgan fingerprint density at radius 1 is 1.25 bits per heavy atom. The third kappa shape index (κ3) is 5.15. The Hall–Kier alpha value is -1.84. The molecule has 10 heteroatoms. The molecule has 1 aromatic heterocycles. The number of nitrogens with zero attached hydrogens (tertiary/aromatic N) is 2. The van der Waals surface area contributed by atoms with Crippen molar-refractivity contribution in [1.29, 1.82) is 0 Å². The first-order chi connectivity index (χ1) is 13.0. The number of rotatable bonds is 5. The van der Waals surface area contributed by atoms with Crippen LogP contribution in [0.5, 0.6) is 5.88 Å². The van der Waals surface area contributed by atoms with E-state index >= 15 is 0 Å². The number of hydrogen-bond acceptors (Lipinski definition) is 5. The average Bonchev–Trinajstić information content (AvgIpc) is 2.64. The Labute approximate surface area is 165 Å². The van der Waals surface area contributed by atoms with Gasteiger partial charge in [0.25, 0.3) is 9.05 Å². The molecule has 1 aliphatic rings. The second kappa shape index (κ2) is 7.88. The van der Waals surface area contributed by atoms with Crippen molar-refractivity contribution in [3.05, 3.63) is 53.2 Å². The van der Waals surface area contributed by atoms with Crippen LogP contribution in [-0.2, 0) is 22.0 Å². The van der Waals surface area contributed by atoms with Gasteiger partial charge in [-0.3, -0.25) is 4.90 Å². The van der Waals surface area contributed by atoms with E-state index in [1.165, 1.54) is 18.3 Å². The molecule has 1 aromatic carbocycles. The Bertz CT molecular complexity index is 950. The van der Waals surface area contributed by atoms with Crippen molar-refractivity contribution in [2.75, 3.05) is 13.2 Å². The maximum atomic E-state index is 12.2. The number of pyridine rings is 1. The molecule has 0 saturated carbocycles. The molecule has 0 aliphatic carbocycles. The van der Waals surface area contributed by atoms with Crippen molar-refractivity contribution in [3.8, 4) is 5.88 Å². The Balaban J connectivity index is 1.71. The largest absolute Gasteiger partial charge is 0.468 e. The van der Waals surface area contributed by atoms with Gasteiger partial charge in [0.2, 0.25) is 5.88 Å². The van der Waals surface area contributed by atoms with E-state index in [1.807, 2.05) is 6.92 Å². The highest BCUT2D eigenvalue weighted by atomic mass is 35.7. The van der Waals surface area contributed by atoms with Crippen LogP contribution >= 0.6 is 10.7 Å². The van der Waals surface area contributed by atoms with Crippen LogP contribution in [0.1, 0.15) is 29.7 Å². The van der Waals surface area contributed by atoms with Gasteiger partial charge in [0.1, 0.15) is 0 Å². The molecule has 5 nitrogen and oxygen atoms in total. The van der Waals surface area contributed by atoms with Crippen molar-refractivity contribution in [3.63, 3.8) is 0 Å². The zero-order valence-electron chi connectivity index (χ0n) is 14.9. The molecule has 3 rings (SSSR count). The summed E-state index contributed by atoms with van der Waals surface area (Å²) in [5.74, 6) is -0.0887. The highest BCUT2D eigenvalue weighted by molar-refractivity contribution is 8.13. The van der Waals surface area contributed by atoms with Crippen molar-refractivity contribution >= 4 is 19.7 Å². The molecule has 0 saturated heterocycles. The fourth-order valence-electron chi connectivity index (χ4n) is 3.13. The lowest BCUT2D eigenvalue weighted by Crippen LogP contribution is -2.33. The van der Waals surface area contributed by atoms with Crippen LogP contribution in [0.15, 0.2) is 41.4 Å². The number of hydrogen-bond donors (Lipinski definition) is 0. The Morgan fingerprint density at radius 2 is 2.00 bits per heavy atom. The number of aromatic nitrogens is 1. The summed E-state index contributed by atoms with van der Waals surface area (Å²) < 4.78 is 64.4. The fraction of sp³-hybridized carbons (Fsp3) is 0.389. The number of ether oxygens (including phenoxy) is 1. The Kier molecular flexibility index (Phi) is 5.88. The summed E-state index contributed by atoms with van der Waals surface area (Å²) in [5, 5.41) is 0. The SMILES string of the molecule is C[C@H](c1ccc(OCC(F)(F)F)nc1)N1CCc2ccc(S(=O)(=O)Cl)cc2C1. The third-order valence-electron chi connectivity index (χ3n) is 4.67. The van der Waals surface area contributed by atoms with Gasteiger partial charge in [-0.25, -0.2) is 13.4 Å². The summed E-state index contributed by atoms with van der Waals surface area (Å²) in [6.07, 6.45) is -2.17. The number of fused-ring (bicyclic) bond motifs is 1. The van der Waals surface area contributed by atoms with E-state index in [0.29, 0.717) is 6.54 Å². The lowest BCUT2D eigenvalue weighted by molar-refractivity contribution is -0.154. The van der Waals surface area contributed by atoms with Crippen LogP contribution in [0, 0.1) is 0 Å². The van der Waals surface area contributed by atoms with Gasteiger partial charge < -0.3 is 4.74 Å². The second-order valence-corrected chi connectivity index (χ2v) is 9.16. The predicted molar refractivity (Wildman–Crippen MR) is 97.8 cm³/mol. The van der Waals surface area contributed by atoms with Crippen molar-refractivity contribution in [1.82, 2.24) is 9.88 Å². The number of halogens is 4. The summed E-state index contributed by atoms with van der Waals surface area (Å²) in [6, 6.07) is 7.90. The van der Waals surface area contributed by atoms with Gasteiger partial charge in [0.15, 0.2) is 6.61 Å².